The van der Waals surface area contributed by atoms with Gasteiger partial charge < -0.3 is 9.64 Å². The zero-order valence-corrected chi connectivity index (χ0v) is 34.5. The number of para-hydroxylation sites is 2. The zero-order valence-electron chi connectivity index (χ0n) is 34.5. The lowest BCUT2D eigenvalue weighted by Gasteiger charge is -2.35. The van der Waals surface area contributed by atoms with Crippen LogP contribution in [0.4, 0.5) is 17.1 Å². The molecule has 0 unspecified atom stereocenters. The number of ether oxygens (including phenoxy) is 1. The van der Waals surface area contributed by atoms with E-state index in [1.165, 1.54) is 38.9 Å². The van der Waals surface area contributed by atoms with Gasteiger partial charge in [0.1, 0.15) is 5.75 Å². The molecule has 10 aromatic carbocycles. The van der Waals surface area contributed by atoms with Gasteiger partial charge in [0.2, 0.25) is 0 Å². The van der Waals surface area contributed by atoms with Crippen molar-refractivity contribution in [2.45, 2.75) is 5.41 Å². The first-order valence-electron chi connectivity index (χ1n) is 21.7. The summed E-state index contributed by atoms with van der Waals surface area (Å²) < 4.78 is 7.50. The van der Waals surface area contributed by atoms with Crippen molar-refractivity contribution in [2.24, 2.45) is 0 Å². The lowest BCUT2D eigenvalue weighted by atomic mass is 9.67. The summed E-state index contributed by atoms with van der Waals surface area (Å²) in [7, 11) is 0. The van der Waals surface area contributed by atoms with Gasteiger partial charge in [-0.1, -0.05) is 218 Å². The molecule has 2 aliphatic rings. The van der Waals surface area contributed by atoms with Crippen molar-refractivity contribution in [2.75, 3.05) is 4.90 Å². The van der Waals surface area contributed by atoms with Gasteiger partial charge in [-0.05, 0) is 91.5 Å². The number of benzene rings is 10. The third kappa shape index (κ3) is 5.87. The van der Waals surface area contributed by atoms with Crippen LogP contribution in [-0.4, -0.2) is 0 Å². The molecule has 0 radical (unpaired) electrons. The topological polar surface area (TPSA) is 12.5 Å². The van der Waals surface area contributed by atoms with Gasteiger partial charge in [-0.15, -0.1) is 0 Å². The maximum atomic E-state index is 7.50. The lowest BCUT2D eigenvalue weighted by Crippen LogP contribution is -2.28. The van der Waals surface area contributed by atoms with Crippen LogP contribution in [-0.2, 0) is 5.41 Å². The van der Waals surface area contributed by atoms with Gasteiger partial charge in [0.05, 0.1) is 11.1 Å². The SMILES string of the molecule is c1ccc(-c2ccc(N(c3ccc4c(c3)C(c3ccccc3)(c3ccccc3)c3ccccc3-4)c3cccc4c3Oc3c(-c5ccccc5)cccc3-c3ccccc3-4)cc2)cc1. The van der Waals surface area contributed by atoms with E-state index in [0.29, 0.717) is 0 Å². The van der Waals surface area contributed by atoms with Gasteiger partial charge in [-0.3, -0.25) is 0 Å². The minimum Gasteiger partial charge on any atom is -0.453 e. The highest BCUT2D eigenvalue weighted by Gasteiger charge is 2.46. The Bertz CT molecular complexity index is 3250. The minimum atomic E-state index is -0.556. The quantitative estimate of drug-likeness (QED) is 0.159. The Morgan fingerprint density at radius 2 is 0.746 bits per heavy atom. The van der Waals surface area contributed by atoms with E-state index >= 15 is 0 Å². The monoisotopic (exact) mass is 803 g/mol. The molecule has 1 heterocycles. The molecule has 0 fully saturated rings. The second-order valence-electron chi connectivity index (χ2n) is 16.4. The van der Waals surface area contributed by atoms with E-state index in [0.717, 1.165) is 67.5 Å². The minimum absolute atomic E-state index is 0.556. The van der Waals surface area contributed by atoms with Gasteiger partial charge in [0.25, 0.3) is 0 Å². The molecule has 296 valence electrons. The maximum Gasteiger partial charge on any atom is 0.159 e. The fourth-order valence-electron chi connectivity index (χ4n) is 10.2. The lowest BCUT2D eigenvalue weighted by molar-refractivity contribution is 0.490. The molecule has 0 amide bonds. The highest BCUT2D eigenvalue weighted by atomic mass is 16.5. The van der Waals surface area contributed by atoms with Crippen molar-refractivity contribution in [3.05, 3.63) is 271 Å². The summed E-state index contributed by atoms with van der Waals surface area (Å²) in [5.74, 6) is 1.65. The van der Waals surface area contributed by atoms with Crippen molar-refractivity contribution >= 4 is 17.1 Å². The summed E-state index contributed by atoms with van der Waals surface area (Å²) >= 11 is 0. The van der Waals surface area contributed by atoms with Crippen LogP contribution in [0, 0.1) is 0 Å². The summed E-state index contributed by atoms with van der Waals surface area (Å²) in [5, 5.41) is 0. The average Bonchev–Trinajstić information content (AvgIpc) is 3.57. The summed E-state index contributed by atoms with van der Waals surface area (Å²) in [6, 6.07) is 90.0. The van der Waals surface area contributed by atoms with Gasteiger partial charge in [0, 0.05) is 28.1 Å². The predicted octanol–water partition coefficient (Wildman–Crippen LogP) is 16.3. The summed E-state index contributed by atoms with van der Waals surface area (Å²) in [4.78, 5) is 2.40. The Kier molecular flexibility index (Phi) is 8.76. The molecule has 12 rings (SSSR count). The fourth-order valence-corrected chi connectivity index (χ4v) is 10.2. The molecule has 63 heavy (non-hydrogen) atoms. The number of fused-ring (bicyclic) bond motifs is 8. The second kappa shape index (κ2) is 15.1. The fraction of sp³-hybridized carbons (Fsp3) is 0.0164. The Morgan fingerprint density at radius 1 is 0.286 bits per heavy atom. The van der Waals surface area contributed by atoms with Crippen LogP contribution in [0.2, 0.25) is 0 Å². The number of nitrogens with zero attached hydrogens (tertiary/aromatic N) is 1. The van der Waals surface area contributed by atoms with E-state index in [4.69, 9.17) is 4.74 Å². The molecule has 2 heteroatoms. The van der Waals surface area contributed by atoms with Crippen LogP contribution in [0.3, 0.4) is 0 Å². The van der Waals surface area contributed by atoms with Gasteiger partial charge >= 0.3 is 0 Å². The van der Waals surface area contributed by atoms with Crippen LogP contribution in [0.15, 0.2) is 249 Å². The van der Waals surface area contributed by atoms with Gasteiger partial charge in [-0.2, -0.15) is 0 Å². The molecule has 0 spiro atoms. The first-order chi connectivity index (χ1) is 31.3. The largest absolute Gasteiger partial charge is 0.453 e. The first kappa shape index (κ1) is 36.6. The normalized spacial score (nSPS) is 12.7. The number of rotatable bonds is 7. The van der Waals surface area contributed by atoms with Crippen LogP contribution >= 0.6 is 0 Å². The molecular formula is C61H41NO. The van der Waals surface area contributed by atoms with E-state index in [2.05, 4.69) is 254 Å². The third-order valence-electron chi connectivity index (χ3n) is 13.0. The standard InChI is InChI=1S/C61H41NO/c1-5-19-42(20-6-1)43-35-37-47(38-36-43)62(48-39-40-53-52-29-15-16-33-56(52)61(57(53)41-48,45-23-9-3-10-24-45)46-25-11-4-12-26-46)58-34-18-32-55-51-28-14-13-27-50(51)54-31-17-30-49(59(54)63-60(55)58)44-21-7-2-8-22-44/h1-41H. The Hall–Kier alpha value is -8.20. The molecule has 0 saturated heterocycles. The van der Waals surface area contributed by atoms with Crippen LogP contribution < -0.4 is 9.64 Å². The maximum absolute atomic E-state index is 7.50. The molecular weight excluding hydrogens is 763 g/mol. The van der Waals surface area contributed by atoms with E-state index in [-0.39, 0.29) is 0 Å². The highest BCUT2D eigenvalue weighted by Crippen LogP contribution is 2.59. The van der Waals surface area contributed by atoms with E-state index in [1.807, 2.05) is 0 Å². The molecule has 0 saturated carbocycles. The van der Waals surface area contributed by atoms with Crippen molar-refractivity contribution in [3.63, 3.8) is 0 Å². The summed E-state index contributed by atoms with van der Waals surface area (Å²) in [5.41, 5.74) is 18.8. The second-order valence-corrected chi connectivity index (χ2v) is 16.4. The molecule has 0 aromatic heterocycles. The van der Waals surface area contributed by atoms with Crippen molar-refractivity contribution < 1.29 is 4.74 Å². The number of hydrogen-bond acceptors (Lipinski definition) is 2. The molecule has 0 bridgehead atoms. The Labute approximate surface area is 368 Å². The van der Waals surface area contributed by atoms with Crippen molar-refractivity contribution in [1.29, 1.82) is 0 Å². The third-order valence-corrected chi connectivity index (χ3v) is 13.0. The first-order valence-corrected chi connectivity index (χ1v) is 21.7. The van der Waals surface area contributed by atoms with Crippen molar-refractivity contribution in [1.82, 2.24) is 0 Å². The van der Waals surface area contributed by atoms with Crippen LogP contribution in [0.5, 0.6) is 11.5 Å². The molecule has 0 atom stereocenters. The van der Waals surface area contributed by atoms with Gasteiger partial charge in [-0.25, -0.2) is 0 Å². The number of hydrogen-bond donors (Lipinski definition) is 0. The number of anilines is 3. The molecule has 0 N–H and O–H groups in total. The Balaban J connectivity index is 1.13. The average molecular weight is 804 g/mol. The smallest absolute Gasteiger partial charge is 0.159 e. The zero-order chi connectivity index (χ0) is 41.7. The van der Waals surface area contributed by atoms with Crippen LogP contribution in [0.1, 0.15) is 22.3 Å². The summed E-state index contributed by atoms with van der Waals surface area (Å²) in [6.45, 7) is 0. The van der Waals surface area contributed by atoms with E-state index in [9.17, 15) is 0 Å². The van der Waals surface area contributed by atoms with E-state index < -0.39 is 5.41 Å². The highest BCUT2D eigenvalue weighted by molar-refractivity contribution is 5.98. The molecule has 2 nitrogen and oxygen atoms in total. The van der Waals surface area contributed by atoms with E-state index in [1.54, 1.807) is 0 Å². The summed E-state index contributed by atoms with van der Waals surface area (Å²) in [6.07, 6.45) is 0. The van der Waals surface area contributed by atoms with Gasteiger partial charge in [0.15, 0.2) is 5.75 Å². The predicted molar refractivity (Wildman–Crippen MR) is 260 cm³/mol. The van der Waals surface area contributed by atoms with Crippen molar-refractivity contribution in [3.8, 4) is 67.1 Å². The molecule has 1 aliphatic carbocycles. The van der Waals surface area contributed by atoms with Crippen LogP contribution in [0.25, 0.3) is 55.6 Å². The Morgan fingerprint density at radius 3 is 1.40 bits per heavy atom. The molecule has 10 aromatic rings. The molecule has 1 aliphatic heterocycles.